The molecule has 4 rings (SSSR count). The molecule has 198 valence electrons. The van der Waals surface area contributed by atoms with E-state index in [1.54, 1.807) is 29.2 Å². The summed E-state index contributed by atoms with van der Waals surface area (Å²) in [4.78, 5) is 43.3. The molecule has 2 aliphatic rings. The first kappa shape index (κ1) is 26.6. The van der Waals surface area contributed by atoms with Gasteiger partial charge in [-0.15, -0.1) is 0 Å². The van der Waals surface area contributed by atoms with Crippen molar-refractivity contribution >= 4 is 28.0 Å². The van der Waals surface area contributed by atoms with Crippen molar-refractivity contribution in [3.63, 3.8) is 0 Å². The third-order valence-corrected chi connectivity index (χ3v) is 8.37. The molecule has 2 fully saturated rings. The number of hydrogen-bond acceptors (Lipinski definition) is 8. The number of amides is 2. The normalized spacial score (nSPS) is 18.8. The maximum absolute atomic E-state index is 13.2. The van der Waals surface area contributed by atoms with Crippen LogP contribution in [0, 0.1) is 0 Å². The number of ether oxygens (including phenoxy) is 2. The predicted octanol–water partition coefficient (Wildman–Crippen LogP) is 1.73. The van der Waals surface area contributed by atoms with Crippen LogP contribution in [0.5, 0.6) is 5.75 Å². The van der Waals surface area contributed by atoms with Crippen molar-refractivity contribution in [2.24, 2.45) is 0 Å². The molecule has 2 aromatic rings. The summed E-state index contributed by atoms with van der Waals surface area (Å²) < 4.78 is 37.6. The lowest BCUT2D eigenvalue weighted by molar-refractivity contribution is -0.145. The number of pyridine rings is 1. The van der Waals surface area contributed by atoms with E-state index in [9.17, 15) is 22.8 Å². The average molecular weight is 531 g/mol. The van der Waals surface area contributed by atoms with Crippen LogP contribution in [0.15, 0.2) is 53.7 Å². The monoisotopic (exact) mass is 530 g/mol. The van der Waals surface area contributed by atoms with Crippen LogP contribution in [-0.4, -0.2) is 79.4 Å². The number of aromatic nitrogens is 1. The Bertz CT molecular complexity index is 1220. The van der Waals surface area contributed by atoms with Gasteiger partial charge in [-0.2, -0.15) is 4.31 Å². The third kappa shape index (κ3) is 6.25. The molecule has 11 nitrogen and oxygen atoms in total. The van der Waals surface area contributed by atoms with Gasteiger partial charge in [0.15, 0.2) is 0 Å². The molecule has 1 N–H and O–H groups in total. The van der Waals surface area contributed by atoms with E-state index >= 15 is 0 Å². The van der Waals surface area contributed by atoms with Gasteiger partial charge in [-0.3, -0.25) is 9.78 Å². The van der Waals surface area contributed by atoms with Gasteiger partial charge in [0.2, 0.25) is 15.9 Å². The molecule has 2 atom stereocenters. The number of esters is 1. The van der Waals surface area contributed by atoms with Gasteiger partial charge in [0, 0.05) is 38.4 Å². The van der Waals surface area contributed by atoms with Crippen molar-refractivity contribution in [3.05, 3.63) is 54.4 Å². The quantitative estimate of drug-likeness (QED) is 0.510. The number of likely N-dealkylation sites (tertiary alicyclic amines) is 1. The summed E-state index contributed by atoms with van der Waals surface area (Å²) in [5.41, 5.74) is 0.697. The fourth-order valence-electron chi connectivity index (χ4n) is 4.52. The van der Waals surface area contributed by atoms with Crippen LogP contribution in [0.25, 0.3) is 0 Å². The SMILES string of the molecule is COC(=O)[C@@H](Cc1ccc(OC(=O)N2CCCC2)cc1)NC(=O)[C@H]1CCCN1S(=O)(=O)c1cccnc1. The molecule has 3 heterocycles. The summed E-state index contributed by atoms with van der Waals surface area (Å²) in [7, 11) is -2.71. The van der Waals surface area contributed by atoms with E-state index in [2.05, 4.69) is 10.3 Å². The van der Waals surface area contributed by atoms with Crippen LogP contribution in [-0.2, 0) is 30.8 Å². The molecule has 1 aromatic carbocycles. The second-order valence-electron chi connectivity index (χ2n) is 8.96. The lowest BCUT2D eigenvalue weighted by Gasteiger charge is -2.25. The third-order valence-electron chi connectivity index (χ3n) is 6.48. The van der Waals surface area contributed by atoms with E-state index in [1.807, 2.05) is 0 Å². The summed E-state index contributed by atoms with van der Waals surface area (Å²) in [6.45, 7) is 1.55. The summed E-state index contributed by atoms with van der Waals surface area (Å²) in [5.74, 6) is -0.851. The van der Waals surface area contributed by atoms with Gasteiger partial charge >= 0.3 is 12.1 Å². The molecular formula is C25H30N4O7S. The molecule has 0 bridgehead atoms. The van der Waals surface area contributed by atoms with Crippen molar-refractivity contribution < 1.29 is 32.3 Å². The Morgan fingerprint density at radius 2 is 1.81 bits per heavy atom. The molecule has 0 saturated carbocycles. The van der Waals surface area contributed by atoms with Gasteiger partial charge in [0.25, 0.3) is 0 Å². The average Bonchev–Trinajstić information content (AvgIpc) is 3.62. The minimum atomic E-state index is -3.93. The standard InChI is InChI=1S/C25H30N4O7S/c1-35-24(31)21(16-18-8-10-19(11-9-18)36-25(32)28-13-2-3-14-28)27-23(30)22-7-5-15-29(22)37(33,34)20-6-4-12-26-17-20/h4,6,8-12,17,21-22H,2-3,5,7,13-16H2,1H3,(H,27,30)/t21-,22-/m1/s1. The first-order chi connectivity index (χ1) is 17.8. The smallest absolute Gasteiger partial charge is 0.415 e. The molecule has 2 saturated heterocycles. The van der Waals surface area contributed by atoms with Crippen molar-refractivity contribution in [1.29, 1.82) is 0 Å². The molecule has 0 unspecified atom stereocenters. The molecule has 0 spiro atoms. The fourth-order valence-corrected chi connectivity index (χ4v) is 6.14. The highest BCUT2D eigenvalue weighted by Gasteiger charge is 2.40. The number of benzene rings is 1. The number of nitrogens with zero attached hydrogens (tertiary/aromatic N) is 3. The van der Waals surface area contributed by atoms with Crippen LogP contribution in [0.2, 0.25) is 0 Å². The van der Waals surface area contributed by atoms with Crippen molar-refractivity contribution in [2.75, 3.05) is 26.7 Å². The van der Waals surface area contributed by atoms with Gasteiger partial charge in [-0.1, -0.05) is 12.1 Å². The summed E-state index contributed by atoms with van der Waals surface area (Å²) >= 11 is 0. The van der Waals surface area contributed by atoms with Gasteiger partial charge in [0.1, 0.15) is 22.7 Å². The van der Waals surface area contributed by atoms with Gasteiger partial charge in [-0.25, -0.2) is 18.0 Å². The van der Waals surface area contributed by atoms with Crippen LogP contribution >= 0.6 is 0 Å². The second-order valence-corrected chi connectivity index (χ2v) is 10.8. The zero-order chi connectivity index (χ0) is 26.4. The highest BCUT2D eigenvalue weighted by atomic mass is 32.2. The topological polar surface area (TPSA) is 135 Å². The Hall–Kier alpha value is -3.51. The highest BCUT2D eigenvalue weighted by Crippen LogP contribution is 2.26. The Kier molecular flexibility index (Phi) is 8.39. The lowest BCUT2D eigenvalue weighted by atomic mass is 10.0. The van der Waals surface area contributed by atoms with E-state index in [0.717, 1.165) is 17.1 Å². The Labute approximate surface area is 215 Å². The highest BCUT2D eigenvalue weighted by molar-refractivity contribution is 7.89. The molecular weight excluding hydrogens is 500 g/mol. The zero-order valence-electron chi connectivity index (χ0n) is 20.5. The second kappa shape index (κ2) is 11.7. The molecule has 2 amide bonds. The number of methoxy groups -OCH3 is 1. The number of hydrogen-bond donors (Lipinski definition) is 1. The van der Waals surface area contributed by atoms with Gasteiger partial charge < -0.3 is 19.7 Å². The van der Waals surface area contributed by atoms with Gasteiger partial charge in [0.05, 0.1) is 7.11 Å². The lowest BCUT2D eigenvalue weighted by Crippen LogP contribution is -2.51. The van der Waals surface area contributed by atoms with Crippen molar-refractivity contribution in [1.82, 2.24) is 19.5 Å². The Balaban J connectivity index is 1.42. The number of nitrogens with one attached hydrogen (secondary N) is 1. The van der Waals surface area contributed by atoms with Crippen LogP contribution in [0.1, 0.15) is 31.2 Å². The number of carbonyl (C=O) groups excluding carboxylic acids is 3. The largest absolute Gasteiger partial charge is 0.467 e. The maximum Gasteiger partial charge on any atom is 0.415 e. The Morgan fingerprint density at radius 1 is 1.08 bits per heavy atom. The van der Waals surface area contributed by atoms with Crippen LogP contribution in [0.4, 0.5) is 4.79 Å². The number of rotatable bonds is 8. The van der Waals surface area contributed by atoms with Crippen LogP contribution < -0.4 is 10.1 Å². The summed E-state index contributed by atoms with van der Waals surface area (Å²) in [6, 6.07) is 7.61. The Morgan fingerprint density at radius 3 is 2.46 bits per heavy atom. The van der Waals surface area contributed by atoms with E-state index in [1.165, 1.54) is 31.6 Å². The first-order valence-corrected chi connectivity index (χ1v) is 13.6. The van der Waals surface area contributed by atoms with E-state index in [-0.39, 0.29) is 17.9 Å². The van der Waals surface area contributed by atoms with E-state index in [0.29, 0.717) is 37.2 Å². The number of sulfonamides is 1. The molecule has 2 aliphatic heterocycles. The van der Waals surface area contributed by atoms with Crippen molar-refractivity contribution in [2.45, 2.75) is 49.1 Å². The number of carbonyl (C=O) groups is 3. The minimum absolute atomic E-state index is 0.00439. The summed E-state index contributed by atoms with van der Waals surface area (Å²) in [6.07, 6.45) is 5.19. The minimum Gasteiger partial charge on any atom is -0.467 e. The molecule has 0 radical (unpaired) electrons. The molecule has 12 heteroatoms. The zero-order valence-corrected chi connectivity index (χ0v) is 21.4. The molecule has 37 heavy (non-hydrogen) atoms. The maximum atomic E-state index is 13.2. The molecule has 0 aliphatic carbocycles. The fraction of sp³-hybridized carbons (Fsp3) is 0.440. The van der Waals surface area contributed by atoms with Crippen molar-refractivity contribution in [3.8, 4) is 5.75 Å². The van der Waals surface area contributed by atoms with E-state index < -0.39 is 40.1 Å². The van der Waals surface area contributed by atoms with Gasteiger partial charge in [-0.05, 0) is 55.5 Å². The van der Waals surface area contributed by atoms with E-state index in [4.69, 9.17) is 9.47 Å². The summed E-state index contributed by atoms with van der Waals surface area (Å²) in [5, 5.41) is 2.67. The first-order valence-electron chi connectivity index (χ1n) is 12.2. The molecule has 1 aromatic heterocycles. The van der Waals surface area contributed by atoms with Crippen LogP contribution in [0.3, 0.4) is 0 Å². The predicted molar refractivity (Wildman–Crippen MR) is 132 cm³/mol.